The Morgan fingerprint density at radius 1 is 1.31 bits per heavy atom. The lowest BCUT2D eigenvalue weighted by atomic mass is 9.92. The molecule has 0 aromatic carbocycles. The second-order valence-corrected chi connectivity index (χ2v) is 3.76. The third-order valence-electron chi connectivity index (χ3n) is 2.87. The van der Waals surface area contributed by atoms with Crippen molar-refractivity contribution in [1.29, 1.82) is 0 Å². The normalized spacial score (nSPS) is 18.2. The van der Waals surface area contributed by atoms with E-state index in [-0.39, 0.29) is 0 Å². The summed E-state index contributed by atoms with van der Waals surface area (Å²) in [6.45, 7) is 6.71. The zero-order chi connectivity index (χ0) is 10.3. The summed E-state index contributed by atoms with van der Waals surface area (Å²) in [5, 5.41) is 3.36. The largest absolute Gasteiger partial charge is 0.380 e. The van der Waals surface area contributed by atoms with Crippen molar-refractivity contribution in [1.82, 2.24) is 5.32 Å². The minimum atomic E-state index is 0.366. The number of hydrogen-bond donors (Lipinski definition) is 1. The number of nitrogens with one attached hydrogen (secondary N) is 1. The van der Waals surface area contributed by atoms with Gasteiger partial charge in [0.25, 0.3) is 0 Å². The topological polar surface area (TPSA) is 21.3 Å². The van der Waals surface area contributed by atoms with Gasteiger partial charge in [-0.3, -0.25) is 0 Å². The van der Waals surface area contributed by atoms with Gasteiger partial charge in [-0.15, -0.1) is 0 Å². The maximum Gasteiger partial charge on any atom is 0.0726 e. The fourth-order valence-corrected chi connectivity index (χ4v) is 1.82. The zero-order valence-electron chi connectivity index (χ0n) is 9.76. The predicted octanol–water partition coefficient (Wildman–Crippen LogP) is 2.44. The third-order valence-corrected chi connectivity index (χ3v) is 2.87. The summed E-state index contributed by atoms with van der Waals surface area (Å²) >= 11 is 0. The van der Waals surface area contributed by atoms with Crippen LogP contribution in [0.2, 0.25) is 0 Å². The molecule has 0 amide bonds. The van der Waals surface area contributed by atoms with Gasteiger partial charge in [-0.05, 0) is 19.4 Å². The summed E-state index contributed by atoms with van der Waals surface area (Å²) in [7, 11) is 3.84. The molecule has 2 heteroatoms. The Morgan fingerprint density at radius 3 is 2.23 bits per heavy atom. The van der Waals surface area contributed by atoms with E-state index in [1.807, 2.05) is 14.2 Å². The molecule has 1 N–H and O–H groups in total. The Bertz CT molecular complexity index is 117. The van der Waals surface area contributed by atoms with Crippen molar-refractivity contribution in [3.05, 3.63) is 0 Å². The summed E-state index contributed by atoms with van der Waals surface area (Å²) in [6.07, 6.45) is 3.90. The second kappa shape index (κ2) is 7.34. The molecule has 2 nitrogen and oxygen atoms in total. The van der Waals surface area contributed by atoms with Gasteiger partial charge in [-0.25, -0.2) is 0 Å². The van der Waals surface area contributed by atoms with Gasteiger partial charge in [0.1, 0.15) is 0 Å². The van der Waals surface area contributed by atoms with E-state index in [0.717, 1.165) is 6.42 Å². The highest BCUT2D eigenvalue weighted by Gasteiger charge is 2.23. The van der Waals surface area contributed by atoms with E-state index in [2.05, 4.69) is 26.1 Å². The van der Waals surface area contributed by atoms with E-state index >= 15 is 0 Å². The van der Waals surface area contributed by atoms with Gasteiger partial charge in [0.05, 0.1) is 6.10 Å². The van der Waals surface area contributed by atoms with Crippen LogP contribution in [0.1, 0.15) is 40.0 Å². The minimum Gasteiger partial charge on any atom is -0.380 e. The molecule has 0 aliphatic heterocycles. The van der Waals surface area contributed by atoms with E-state index in [9.17, 15) is 0 Å². The summed E-state index contributed by atoms with van der Waals surface area (Å²) in [6, 6.07) is 0.495. The van der Waals surface area contributed by atoms with Crippen LogP contribution in [0, 0.1) is 5.92 Å². The molecule has 3 unspecified atom stereocenters. The molecule has 0 spiro atoms. The van der Waals surface area contributed by atoms with Crippen LogP contribution >= 0.6 is 0 Å². The van der Waals surface area contributed by atoms with Gasteiger partial charge in [0, 0.05) is 13.2 Å². The third kappa shape index (κ3) is 4.10. The van der Waals surface area contributed by atoms with Crippen molar-refractivity contribution >= 4 is 0 Å². The Hall–Kier alpha value is -0.0800. The zero-order valence-corrected chi connectivity index (χ0v) is 9.76. The van der Waals surface area contributed by atoms with Crippen molar-refractivity contribution < 1.29 is 4.74 Å². The van der Waals surface area contributed by atoms with Crippen LogP contribution in [0.3, 0.4) is 0 Å². The molecule has 80 valence electrons. The van der Waals surface area contributed by atoms with E-state index in [1.165, 1.54) is 12.8 Å². The van der Waals surface area contributed by atoms with Crippen LogP contribution in [0.25, 0.3) is 0 Å². The molecule has 0 saturated heterocycles. The highest BCUT2D eigenvalue weighted by Crippen LogP contribution is 2.16. The van der Waals surface area contributed by atoms with Gasteiger partial charge in [0.15, 0.2) is 0 Å². The first-order valence-corrected chi connectivity index (χ1v) is 5.41. The molecule has 13 heavy (non-hydrogen) atoms. The number of methoxy groups -OCH3 is 1. The van der Waals surface area contributed by atoms with Crippen LogP contribution in [-0.4, -0.2) is 26.3 Å². The highest BCUT2D eigenvalue weighted by molar-refractivity contribution is 4.79. The fraction of sp³-hybridized carbons (Fsp3) is 1.00. The molecular weight excluding hydrogens is 162 g/mol. The van der Waals surface area contributed by atoms with Crippen LogP contribution < -0.4 is 5.32 Å². The molecular formula is C11H25NO. The van der Waals surface area contributed by atoms with Crippen molar-refractivity contribution in [2.24, 2.45) is 5.92 Å². The Morgan fingerprint density at radius 2 is 1.92 bits per heavy atom. The molecule has 0 rings (SSSR count). The van der Waals surface area contributed by atoms with Crippen molar-refractivity contribution in [2.45, 2.75) is 52.2 Å². The monoisotopic (exact) mass is 187 g/mol. The molecule has 0 radical (unpaired) electrons. The quantitative estimate of drug-likeness (QED) is 0.661. The molecule has 0 aliphatic rings. The first-order valence-electron chi connectivity index (χ1n) is 5.41. The standard InChI is InChI=1S/C11H25NO/c1-6-8-10(13-5)11(12-4)9(3)7-2/h9-12H,6-8H2,1-5H3. The molecule has 3 atom stereocenters. The van der Waals surface area contributed by atoms with E-state index in [0.29, 0.717) is 18.1 Å². The van der Waals surface area contributed by atoms with Gasteiger partial charge in [0.2, 0.25) is 0 Å². The Labute approximate surface area is 83.1 Å². The van der Waals surface area contributed by atoms with Gasteiger partial charge >= 0.3 is 0 Å². The fourth-order valence-electron chi connectivity index (χ4n) is 1.82. The van der Waals surface area contributed by atoms with Gasteiger partial charge in [-0.2, -0.15) is 0 Å². The SMILES string of the molecule is CCCC(OC)C(NC)C(C)CC. The highest BCUT2D eigenvalue weighted by atomic mass is 16.5. The van der Waals surface area contributed by atoms with E-state index in [4.69, 9.17) is 4.74 Å². The molecule has 0 aromatic rings. The lowest BCUT2D eigenvalue weighted by Gasteiger charge is -2.30. The summed E-state index contributed by atoms with van der Waals surface area (Å²) in [5.41, 5.74) is 0. The van der Waals surface area contributed by atoms with Crippen LogP contribution in [0.15, 0.2) is 0 Å². The van der Waals surface area contributed by atoms with Crippen molar-refractivity contribution in [3.8, 4) is 0 Å². The summed E-state index contributed by atoms with van der Waals surface area (Å²) in [5.74, 6) is 0.682. The first-order chi connectivity index (χ1) is 6.21. The van der Waals surface area contributed by atoms with Crippen LogP contribution in [-0.2, 0) is 4.74 Å². The first kappa shape index (κ1) is 12.9. The van der Waals surface area contributed by atoms with Crippen LogP contribution in [0.5, 0.6) is 0 Å². The lowest BCUT2D eigenvalue weighted by Crippen LogP contribution is -2.43. The predicted molar refractivity (Wildman–Crippen MR) is 58.0 cm³/mol. The van der Waals surface area contributed by atoms with Crippen molar-refractivity contribution in [2.75, 3.05) is 14.2 Å². The minimum absolute atomic E-state index is 0.366. The maximum atomic E-state index is 5.50. The lowest BCUT2D eigenvalue weighted by molar-refractivity contribution is 0.0453. The Balaban J connectivity index is 4.15. The maximum absolute atomic E-state index is 5.50. The molecule has 0 heterocycles. The molecule has 0 aromatic heterocycles. The van der Waals surface area contributed by atoms with Gasteiger partial charge in [-0.1, -0.05) is 33.6 Å². The average Bonchev–Trinajstić information content (AvgIpc) is 2.17. The number of rotatable bonds is 7. The second-order valence-electron chi connectivity index (χ2n) is 3.76. The molecule has 0 fully saturated rings. The van der Waals surface area contributed by atoms with Crippen LogP contribution in [0.4, 0.5) is 0 Å². The molecule has 0 saturated carbocycles. The number of ether oxygens (including phenoxy) is 1. The summed E-state index contributed by atoms with van der Waals surface area (Å²) < 4.78 is 5.50. The smallest absolute Gasteiger partial charge is 0.0726 e. The summed E-state index contributed by atoms with van der Waals surface area (Å²) in [4.78, 5) is 0. The number of hydrogen-bond acceptors (Lipinski definition) is 2. The average molecular weight is 187 g/mol. The Kier molecular flexibility index (Phi) is 7.29. The van der Waals surface area contributed by atoms with E-state index < -0.39 is 0 Å². The molecule has 0 aliphatic carbocycles. The van der Waals surface area contributed by atoms with E-state index in [1.54, 1.807) is 0 Å². The molecule has 0 bridgehead atoms. The van der Waals surface area contributed by atoms with Gasteiger partial charge < -0.3 is 10.1 Å². The number of likely N-dealkylation sites (N-methyl/N-ethyl adjacent to an activating group) is 1. The van der Waals surface area contributed by atoms with Crippen molar-refractivity contribution in [3.63, 3.8) is 0 Å².